The molecule has 0 N–H and O–H groups in total. The molecule has 0 radical (unpaired) electrons. The van der Waals surface area contributed by atoms with E-state index in [1.807, 2.05) is 0 Å². The first kappa shape index (κ1) is 80.2. The van der Waals surface area contributed by atoms with Crippen molar-refractivity contribution in [1.29, 1.82) is 0 Å². The number of ether oxygens (including phenoxy) is 3. The van der Waals surface area contributed by atoms with E-state index < -0.39 is 6.10 Å². The second-order valence-electron chi connectivity index (χ2n) is 25.9. The number of hydrogen-bond donors (Lipinski definition) is 0. The Bertz CT molecular complexity index is 1280. The molecule has 0 heterocycles. The third-order valence-corrected chi connectivity index (χ3v) is 17.5. The first-order chi connectivity index (χ1) is 40.5. The number of rotatable bonds is 71. The minimum atomic E-state index is -0.765. The molecular formula is C76H146O6. The summed E-state index contributed by atoms with van der Waals surface area (Å²) in [6, 6.07) is 0. The summed E-state index contributed by atoms with van der Waals surface area (Å²) in [5, 5.41) is 0. The van der Waals surface area contributed by atoms with E-state index in [0.717, 1.165) is 57.8 Å². The zero-order valence-electron chi connectivity index (χ0n) is 56.1. The highest BCUT2D eigenvalue weighted by Gasteiger charge is 2.20. The fraction of sp³-hybridized carbons (Fsp3) is 0.934. The van der Waals surface area contributed by atoms with Gasteiger partial charge in [-0.2, -0.15) is 0 Å². The van der Waals surface area contributed by atoms with E-state index in [2.05, 4.69) is 32.9 Å². The molecule has 6 heteroatoms. The van der Waals surface area contributed by atoms with E-state index in [1.54, 1.807) is 0 Å². The molecule has 486 valence electrons. The van der Waals surface area contributed by atoms with Gasteiger partial charge in [-0.15, -0.1) is 0 Å². The van der Waals surface area contributed by atoms with Crippen LogP contribution in [-0.4, -0.2) is 37.2 Å². The van der Waals surface area contributed by atoms with Gasteiger partial charge >= 0.3 is 17.9 Å². The highest BCUT2D eigenvalue weighted by molar-refractivity contribution is 5.71. The summed E-state index contributed by atoms with van der Waals surface area (Å²) in [4.78, 5) is 38.3. The van der Waals surface area contributed by atoms with Crippen LogP contribution in [0.4, 0.5) is 0 Å². The Morgan fingerprint density at radius 3 is 0.610 bits per heavy atom. The molecule has 0 saturated heterocycles. The van der Waals surface area contributed by atoms with Gasteiger partial charge < -0.3 is 14.2 Å². The van der Waals surface area contributed by atoms with Gasteiger partial charge in [-0.1, -0.05) is 386 Å². The third kappa shape index (κ3) is 68.9. The van der Waals surface area contributed by atoms with E-state index in [9.17, 15) is 14.4 Å². The fourth-order valence-electron chi connectivity index (χ4n) is 11.9. The first-order valence-corrected chi connectivity index (χ1v) is 37.7. The molecule has 1 unspecified atom stereocenters. The maximum absolute atomic E-state index is 12.9. The molecule has 0 aliphatic carbocycles. The zero-order valence-corrected chi connectivity index (χ0v) is 56.1. The van der Waals surface area contributed by atoms with Gasteiger partial charge in [-0.05, 0) is 44.9 Å². The second-order valence-corrected chi connectivity index (χ2v) is 25.9. The van der Waals surface area contributed by atoms with Crippen LogP contribution in [0.3, 0.4) is 0 Å². The Hall–Kier alpha value is -1.85. The molecule has 0 spiro atoms. The molecule has 6 nitrogen and oxygen atoms in total. The molecule has 0 saturated carbocycles. The van der Waals surface area contributed by atoms with E-state index in [-0.39, 0.29) is 31.1 Å². The van der Waals surface area contributed by atoms with Crippen LogP contribution in [0.25, 0.3) is 0 Å². The number of unbranched alkanes of at least 4 members (excludes halogenated alkanes) is 58. The van der Waals surface area contributed by atoms with Gasteiger partial charge in [0.2, 0.25) is 0 Å². The Morgan fingerprint density at radius 1 is 0.232 bits per heavy atom. The van der Waals surface area contributed by atoms with Crippen molar-refractivity contribution in [3.05, 3.63) is 12.2 Å². The topological polar surface area (TPSA) is 78.9 Å². The molecule has 82 heavy (non-hydrogen) atoms. The van der Waals surface area contributed by atoms with E-state index in [1.165, 1.54) is 340 Å². The summed E-state index contributed by atoms with van der Waals surface area (Å²) in [5.41, 5.74) is 0. The van der Waals surface area contributed by atoms with Crippen molar-refractivity contribution < 1.29 is 28.6 Å². The summed E-state index contributed by atoms with van der Waals surface area (Å²) in [5.74, 6) is -0.828. The Morgan fingerprint density at radius 2 is 0.402 bits per heavy atom. The fourth-order valence-corrected chi connectivity index (χ4v) is 11.9. The second kappa shape index (κ2) is 71.6. The largest absolute Gasteiger partial charge is 0.462 e. The quantitative estimate of drug-likeness (QED) is 0.0261. The van der Waals surface area contributed by atoms with Crippen molar-refractivity contribution >= 4 is 17.9 Å². The van der Waals surface area contributed by atoms with Gasteiger partial charge in [0.15, 0.2) is 6.10 Å². The first-order valence-electron chi connectivity index (χ1n) is 37.7. The summed E-state index contributed by atoms with van der Waals surface area (Å²) in [6.45, 7) is 6.71. The number of allylic oxidation sites excluding steroid dienone is 2. The van der Waals surface area contributed by atoms with Crippen LogP contribution in [0.15, 0.2) is 12.2 Å². The highest BCUT2D eigenvalue weighted by Crippen LogP contribution is 2.20. The van der Waals surface area contributed by atoms with Crippen molar-refractivity contribution in [3.8, 4) is 0 Å². The lowest BCUT2D eigenvalue weighted by atomic mass is 10.0. The number of carbonyl (C=O) groups excluding carboxylic acids is 3. The van der Waals surface area contributed by atoms with E-state index in [0.29, 0.717) is 19.3 Å². The SMILES string of the molecule is CCCCCCCCCC/C=C\CCCCCCCCCCCCCCCCCCCC(=O)OCC(COC(=O)CCCCCCCCCCC)OC(=O)CCCCCCCCCCCCCCCCCCCCCCCCCCCC. The van der Waals surface area contributed by atoms with Gasteiger partial charge in [0.1, 0.15) is 13.2 Å². The third-order valence-electron chi connectivity index (χ3n) is 17.5. The van der Waals surface area contributed by atoms with Crippen LogP contribution in [0.2, 0.25) is 0 Å². The monoisotopic (exact) mass is 1160 g/mol. The highest BCUT2D eigenvalue weighted by atomic mass is 16.6. The van der Waals surface area contributed by atoms with Crippen LogP contribution in [0.5, 0.6) is 0 Å². The maximum atomic E-state index is 12.9. The zero-order chi connectivity index (χ0) is 59.2. The lowest BCUT2D eigenvalue weighted by Gasteiger charge is -2.18. The molecule has 1 atom stereocenters. The molecule has 0 aromatic carbocycles. The molecule has 0 aromatic rings. The lowest BCUT2D eigenvalue weighted by molar-refractivity contribution is -0.167. The predicted octanol–water partition coefficient (Wildman–Crippen LogP) is 26.0. The normalized spacial score (nSPS) is 12.0. The predicted molar refractivity (Wildman–Crippen MR) is 358 cm³/mol. The van der Waals surface area contributed by atoms with Gasteiger partial charge in [0.05, 0.1) is 0 Å². The summed E-state index contributed by atoms with van der Waals surface area (Å²) in [7, 11) is 0. The van der Waals surface area contributed by atoms with E-state index in [4.69, 9.17) is 14.2 Å². The van der Waals surface area contributed by atoms with Crippen molar-refractivity contribution in [2.24, 2.45) is 0 Å². The minimum absolute atomic E-state index is 0.0624. The molecule has 0 aromatic heterocycles. The summed E-state index contributed by atoms with van der Waals surface area (Å²) < 4.78 is 17.0. The Labute approximate surface area is 513 Å². The smallest absolute Gasteiger partial charge is 0.306 e. The average molecular weight is 1160 g/mol. The van der Waals surface area contributed by atoms with Crippen molar-refractivity contribution in [3.63, 3.8) is 0 Å². The molecule has 0 aliphatic heterocycles. The van der Waals surface area contributed by atoms with Gasteiger partial charge in [0, 0.05) is 19.3 Å². The van der Waals surface area contributed by atoms with Crippen LogP contribution in [0, 0.1) is 0 Å². The summed E-state index contributed by atoms with van der Waals surface area (Å²) >= 11 is 0. The van der Waals surface area contributed by atoms with Gasteiger partial charge in [-0.3, -0.25) is 14.4 Å². The lowest BCUT2D eigenvalue weighted by Crippen LogP contribution is -2.30. The minimum Gasteiger partial charge on any atom is -0.462 e. The Kier molecular flexibility index (Phi) is 70.0. The van der Waals surface area contributed by atoms with Gasteiger partial charge in [0.25, 0.3) is 0 Å². The van der Waals surface area contributed by atoms with Gasteiger partial charge in [-0.25, -0.2) is 0 Å². The Balaban J connectivity index is 4.04. The number of carbonyl (C=O) groups is 3. The van der Waals surface area contributed by atoms with E-state index >= 15 is 0 Å². The molecular weight excluding hydrogens is 1010 g/mol. The maximum Gasteiger partial charge on any atom is 0.306 e. The van der Waals surface area contributed by atoms with Crippen LogP contribution in [-0.2, 0) is 28.6 Å². The molecule has 0 bridgehead atoms. The van der Waals surface area contributed by atoms with Crippen molar-refractivity contribution in [2.75, 3.05) is 13.2 Å². The van der Waals surface area contributed by atoms with Crippen LogP contribution in [0.1, 0.15) is 438 Å². The number of esters is 3. The molecule has 0 fully saturated rings. The number of hydrogen-bond acceptors (Lipinski definition) is 6. The van der Waals surface area contributed by atoms with Crippen LogP contribution < -0.4 is 0 Å². The standard InChI is InChI=1S/C76H146O6/c1-4-7-10-13-16-19-21-23-25-27-29-31-33-35-37-38-39-41-42-44-46-48-50-52-54-57-60-63-66-69-75(78)81-72-73(71-80-74(77)68-65-62-59-56-18-15-12-9-6-3)82-76(79)70-67-64-61-58-55-53-51-49-47-45-43-40-36-34-32-30-28-26-24-22-20-17-14-11-8-5-2/h27,29,73H,4-26,28,30-72H2,1-3H3/b29-27-. The summed E-state index contributed by atoms with van der Waals surface area (Å²) in [6.07, 6.45) is 87.1. The molecule has 0 rings (SSSR count). The average Bonchev–Trinajstić information content (AvgIpc) is 3.48. The molecule has 0 aliphatic rings. The van der Waals surface area contributed by atoms with Crippen molar-refractivity contribution in [1.82, 2.24) is 0 Å². The van der Waals surface area contributed by atoms with Crippen molar-refractivity contribution in [2.45, 2.75) is 444 Å². The van der Waals surface area contributed by atoms with Crippen LogP contribution >= 0.6 is 0 Å². The molecule has 0 amide bonds.